The molecular formula is C18H16ClN. The van der Waals surface area contributed by atoms with E-state index in [1.54, 1.807) is 0 Å². The molecule has 1 aliphatic carbocycles. The smallest absolute Gasteiger partial charge is 0.0798 e. The van der Waals surface area contributed by atoms with E-state index in [2.05, 4.69) is 36.4 Å². The highest BCUT2D eigenvalue weighted by Gasteiger charge is 2.16. The van der Waals surface area contributed by atoms with Crippen molar-refractivity contribution in [3.8, 4) is 0 Å². The number of halogens is 1. The summed E-state index contributed by atoms with van der Waals surface area (Å²) in [6.45, 7) is 0. The van der Waals surface area contributed by atoms with Crippen molar-refractivity contribution in [2.75, 3.05) is 0 Å². The maximum Gasteiger partial charge on any atom is 0.0798 e. The first-order valence-electron chi connectivity index (χ1n) is 7.33. The van der Waals surface area contributed by atoms with Gasteiger partial charge in [0.25, 0.3) is 0 Å². The molecule has 1 nitrogen and oxygen atoms in total. The van der Waals surface area contributed by atoms with E-state index >= 15 is 0 Å². The molecule has 0 spiro atoms. The Morgan fingerprint density at radius 1 is 0.850 bits per heavy atom. The molecule has 20 heavy (non-hydrogen) atoms. The van der Waals surface area contributed by atoms with Gasteiger partial charge in [0.15, 0.2) is 0 Å². The van der Waals surface area contributed by atoms with Crippen molar-refractivity contribution in [3.63, 3.8) is 0 Å². The van der Waals surface area contributed by atoms with Gasteiger partial charge in [-0.25, -0.2) is 0 Å². The van der Waals surface area contributed by atoms with Crippen LogP contribution in [0.2, 0.25) is 5.02 Å². The summed E-state index contributed by atoms with van der Waals surface area (Å²) in [5.74, 6) is 0. The van der Waals surface area contributed by atoms with Crippen molar-refractivity contribution in [2.45, 2.75) is 32.1 Å². The number of nitrogens with zero attached hydrogens (tertiary/aromatic N) is 1. The first-order valence-corrected chi connectivity index (χ1v) is 7.71. The van der Waals surface area contributed by atoms with Gasteiger partial charge in [-0.3, -0.25) is 4.98 Å². The van der Waals surface area contributed by atoms with Crippen LogP contribution in [-0.4, -0.2) is 4.98 Å². The zero-order chi connectivity index (χ0) is 13.5. The van der Waals surface area contributed by atoms with Gasteiger partial charge in [0, 0.05) is 16.5 Å². The molecule has 0 saturated carbocycles. The molecule has 0 unspecified atom stereocenters. The fraction of sp³-hybridized carbons (Fsp3) is 0.278. The van der Waals surface area contributed by atoms with Gasteiger partial charge in [-0.05, 0) is 36.6 Å². The van der Waals surface area contributed by atoms with Gasteiger partial charge in [-0.2, -0.15) is 0 Å². The predicted octanol–water partition coefficient (Wildman–Crippen LogP) is 5.31. The van der Waals surface area contributed by atoms with Crippen molar-refractivity contribution >= 4 is 33.3 Å². The highest BCUT2D eigenvalue weighted by atomic mass is 35.5. The lowest BCUT2D eigenvalue weighted by atomic mass is 10.0. The zero-order valence-electron chi connectivity index (χ0n) is 11.3. The molecule has 0 saturated heterocycles. The molecule has 1 aliphatic rings. The second kappa shape index (κ2) is 4.75. The van der Waals surface area contributed by atoms with Crippen LogP contribution in [0, 0.1) is 0 Å². The average Bonchev–Trinajstić information content (AvgIpc) is 2.73. The molecule has 4 rings (SSSR count). The third-order valence-corrected chi connectivity index (χ3v) is 4.77. The molecule has 0 bridgehead atoms. The van der Waals surface area contributed by atoms with Gasteiger partial charge in [0.2, 0.25) is 0 Å². The molecule has 0 N–H and O–H groups in total. The van der Waals surface area contributed by atoms with Crippen molar-refractivity contribution in [1.82, 2.24) is 4.98 Å². The average molecular weight is 282 g/mol. The van der Waals surface area contributed by atoms with E-state index in [1.165, 1.54) is 41.3 Å². The Morgan fingerprint density at radius 2 is 1.70 bits per heavy atom. The number of aryl methyl sites for hydroxylation is 1. The molecule has 2 aromatic carbocycles. The van der Waals surface area contributed by atoms with E-state index in [-0.39, 0.29) is 0 Å². The maximum atomic E-state index is 6.69. The Hall–Kier alpha value is -1.60. The number of aromatic nitrogens is 1. The maximum absolute atomic E-state index is 6.69. The van der Waals surface area contributed by atoms with Gasteiger partial charge in [0.05, 0.1) is 10.5 Å². The SMILES string of the molecule is Clc1c2c(nc3c1ccc1ccccc13)CCCCC2. The first kappa shape index (κ1) is 12.2. The molecule has 0 aliphatic heterocycles. The number of benzene rings is 2. The number of hydrogen-bond donors (Lipinski definition) is 0. The fourth-order valence-corrected chi connectivity index (χ4v) is 3.63. The van der Waals surface area contributed by atoms with Crippen LogP contribution >= 0.6 is 11.6 Å². The largest absolute Gasteiger partial charge is 0.252 e. The fourth-order valence-electron chi connectivity index (χ4n) is 3.28. The molecule has 2 heteroatoms. The molecule has 100 valence electrons. The quantitative estimate of drug-likeness (QED) is 0.402. The van der Waals surface area contributed by atoms with Crippen LogP contribution in [0.4, 0.5) is 0 Å². The number of fused-ring (bicyclic) bond motifs is 4. The topological polar surface area (TPSA) is 12.9 Å². The van der Waals surface area contributed by atoms with Gasteiger partial charge in [0.1, 0.15) is 0 Å². The Kier molecular flexibility index (Phi) is 2.89. The van der Waals surface area contributed by atoms with E-state index in [1.807, 2.05) is 0 Å². The van der Waals surface area contributed by atoms with E-state index in [0.29, 0.717) is 0 Å². The second-order valence-electron chi connectivity index (χ2n) is 5.59. The summed E-state index contributed by atoms with van der Waals surface area (Å²) in [5, 5.41) is 4.47. The predicted molar refractivity (Wildman–Crippen MR) is 85.5 cm³/mol. The Labute approximate surface area is 123 Å². The van der Waals surface area contributed by atoms with Crippen LogP contribution in [0.5, 0.6) is 0 Å². The molecular weight excluding hydrogens is 266 g/mol. The minimum Gasteiger partial charge on any atom is -0.252 e. The highest BCUT2D eigenvalue weighted by Crippen LogP contribution is 2.35. The van der Waals surface area contributed by atoms with Gasteiger partial charge >= 0.3 is 0 Å². The van der Waals surface area contributed by atoms with Crippen molar-refractivity contribution in [1.29, 1.82) is 0 Å². The molecule has 0 amide bonds. The van der Waals surface area contributed by atoms with Crippen LogP contribution in [0.25, 0.3) is 21.7 Å². The summed E-state index contributed by atoms with van der Waals surface area (Å²) in [7, 11) is 0. The van der Waals surface area contributed by atoms with Crippen LogP contribution < -0.4 is 0 Å². The molecule has 3 aromatic rings. The van der Waals surface area contributed by atoms with Crippen LogP contribution in [0.1, 0.15) is 30.5 Å². The van der Waals surface area contributed by atoms with E-state index in [0.717, 1.165) is 28.8 Å². The lowest BCUT2D eigenvalue weighted by molar-refractivity contribution is 0.709. The normalized spacial score (nSPS) is 15.2. The Morgan fingerprint density at radius 3 is 2.65 bits per heavy atom. The zero-order valence-corrected chi connectivity index (χ0v) is 12.1. The number of hydrogen-bond acceptors (Lipinski definition) is 1. The Bertz CT molecular complexity index is 807. The van der Waals surface area contributed by atoms with Crippen LogP contribution in [0.15, 0.2) is 36.4 Å². The van der Waals surface area contributed by atoms with E-state index in [4.69, 9.17) is 16.6 Å². The summed E-state index contributed by atoms with van der Waals surface area (Å²) in [4.78, 5) is 4.98. The Balaban J connectivity index is 2.12. The monoisotopic (exact) mass is 281 g/mol. The molecule has 1 heterocycles. The summed E-state index contributed by atoms with van der Waals surface area (Å²) in [5.41, 5.74) is 3.57. The second-order valence-corrected chi connectivity index (χ2v) is 5.97. The molecule has 0 fully saturated rings. The summed E-state index contributed by atoms with van der Waals surface area (Å²) in [6.07, 6.45) is 5.88. The van der Waals surface area contributed by atoms with E-state index < -0.39 is 0 Å². The first-order chi connectivity index (χ1) is 9.84. The van der Waals surface area contributed by atoms with Crippen LogP contribution in [-0.2, 0) is 12.8 Å². The van der Waals surface area contributed by atoms with E-state index in [9.17, 15) is 0 Å². The third-order valence-electron chi connectivity index (χ3n) is 4.34. The third kappa shape index (κ3) is 1.81. The van der Waals surface area contributed by atoms with Gasteiger partial charge < -0.3 is 0 Å². The molecule has 1 aromatic heterocycles. The summed E-state index contributed by atoms with van der Waals surface area (Å²) in [6, 6.07) is 12.7. The summed E-state index contributed by atoms with van der Waals surface area (Å²) < 4.78 is 0. The van der Waals surface area contributed by atoms with Gasteiger partial charge in [-0.1, -0.05) is 54.4 Å². The lowest BCUT2D eigenvalue weighted by Gasteiger charge is -2.12. The highest BCUT2D eigenvalue weighted by molar-refractivity contribution is 6.37. The molecule has 0 atom stereocenters. The summed E-state index contributed by atoms with van der Waals surface area (Å²) >= 11 is 6.69. The molecule has 0 radical (unpaired) electrons. The van der Waals surface area contributed by atoms with Crippen molar-refractivity contribution in [3.05, 3.63) is 52.7 Å². The number of pyridine rings is 1. The number of rotatable bonds is 0. The minimum atomic E-state index is 0.928. The standard InChI is InChI=1S/C18H16ClN/c19-17-14-8-2-1-3-9-16(14)20-18-13-7-5-4-6-12(13)10-11-15(17)18/h4-7,10-11H,1-3,8-9H2. The van der Waals surface area contributed by atoms with Gasteiger partial charge in [-0.15, -0.1) is 0 Å². The lowest BCUT2D eigenvalue weighted by Crippen LogP contribution is -1.98. The van der Waals surface area contributed by atoms with Crippen LogP contribution in [0.3, 0.4) is 0 Å². The van der Waals surface area contributed by atoms with Crippen molar-refractivity contribution in [2.24, 2.45) is 0 Å². The minimum absolute atomic E-state index is 0.928. The van der Waals surface area contributed by atoms with Crippen molar-refractivity contribution < 1.29 is 0 Å².